The van der Waals surface area contributed by atoms with Gasteiger partial charge in [0.1, 0.15) is 11.9 Å². The Morgan fingerprint density at radius 2 is 2.20 bits per heavy atom. The normalized spacial score (nSPS) is 16.9. The predicted octanol–water partition coefficient (Wildman–Crippen LogP) is 0.278. The first kappa shape index (κ1) is 14.7. The van der Waals surface area contributed by atoms with E-state index in [1.165, 1.54) is 13.2 Å². The maximum absolute atomic E-state index is 14.1. The van der Waals surface area contributed by atoms with E-state index in [9.17, 15) is 9.18 Å². The Morgan fingerprint density at radius 3 is 2.85 bits per heavy atom. The topological polar surface area (TPSA) is 67.6 Å². The molecule has 20 heavy (non-hydrogen) atoms. The van der Waals surface area contributed by atoms with Crippen LogP contribution in [0.2, 0.25) is 0 Å². The van der Waals surface area contributed by atoms with Crippen molar-refractivity contribution in [1.82, 2.24) is 5.32 Å². The lowest BCUT2D eigenvalue weighted by atomic mass is 10.0. The third kappa shape index (κ3) is 3.26. The van der Waals surface area contributed by atoms with Crippen molar-refractivity contribution in [2.24, 2.45) is 5.73 Å². The van der Waals surface area contributed by atoms with Crippen molar-refractivity contribution in [3.05, 3.63) is 29.6 Å². The molecule has 0 amide bonds. The van der Waals surface area contributed by atoms with Gasteiger partial charge in [-0.1, -0.05) is 12.1 Å². The molecule has 0 aliphatic carbocycles. The number of carbonyl (C=O) groups is 1. The summed E-state index contributed by atoms with van der Waals surface area (Å²) < 4.78 is 18.8. The Bertz CT molecular complexity index is 475. The summed E-state index contributed by atoms with van der Waals surface area (Å²) in [4.78, 5) is 13.4. The Balaban J connectivity index is 2.23. The maximum atomic E-state index is 14.1. The molecule has 2 rings (SSSR count). The number of nitrogens with one attached hydrogen (secondary N) is 1. The molecule has 6 heteroatoms. The van der Waals surface area contributed by atoms with Crippen LogP contribution in [0.15, 0.2) is 18.2 Å². The average molecular weight is 281 g/mol. The highest BCUT2D eigenvalue weighted by molar-refractivity contribution is 5.76. The van der Waals surface area contributed by atoms with Crippen LogP contribution in [0.25, 0.3) is 0 Å². The maximum Gasteiger partial charge on any atom is 0.322 e. The van der Waals surface area contributed by atoms with E-state index < -0.39 is 12.0 Å². The van der Waals surface area contributed by atoms with Gasteiger partial charge in [0.05, 0.1) is 12.8 Å². The van der Waals surface area contributed by atoms with Crippen LogP contribution in [0.5, 0.6) is 0 Å². The van der Waals surface area contributed by atoms with Crippen LogP contribution in [0, 0.1) is 5.82 Å². The zero-order valence-corrected chi connectivity index (χ0v) is 11.6. The Kier molecular flexibility index (Phi) is 4.92. The average Bonchev–Trinajstić information content (AvgIpc) is 2.47. The van der Waals surface area contributed by atoms with Crippen molar-refractivity contribution in [2.75, 3.05) is 38.2 Å². The largest absolute Gasteiger partial charge is 0.468 e. The van der Waals surface area contributed by atoms with Crippen molar-refractivity contribution in [3.63, 3.8) is 0 Å². The number of hydrogen-bond donors (Lipinski definition) is 2. The van der Waals surface area contributed by atoms with Gasteiger partial charge in [-0.2, -0.15) is 0 Å². The molecule has 1 heterocycles. The van der Waals surface area contributed by atoms with Gasteiger partial charge in [0.2, 0.25) is 0 Å². The van der Waals surface area contributed by atoms with E-state index in [0.717, 1.165) is 31.7 Å². The fourth-order valence-corrected chi connectivity index (χ4v) is 2.44. The standard InChI is InChI=1S/C14H20FN3O2/c1-20-14(19)12(16)9-10-3-2-4-11(15)13(10)18-7-5-17-6-8-18/h2-4,12,17H,5-9,16H2,1H3. The fourth-order valence-electron chi connectivity index (χ4n) is 2.44. The van der Waals surface area contributed by atoms with Gasteiger partial charge in [0.15, 0.2) is 0 Å². The van der Waals surface area contributed by atoms with Crippen LogP contribution in [0.1, 0.15) is 5.56 Å². The molecule has 1 unspecified atom stereocenters. The summed E-state index contributed by atoms with van der Waals surface area (Å²) in [6.07, 6.45) is 0.268. The molecule has 1 fully saturated rings. The van der Waals surface area contributed by atoms with Crippen LogP contribution < -0.4 is 16.0 Å². The molecule has 1 aliphatic heterocycles. The molecular formula is C14H20FN3O2. The Morgan fingerprint density at radius 1 is 1.50 bits per heavy atom. The third-order valence-electron chi connectivity index (χ3n) is 3.45. The van der Waals surface area contributed by atoms with E-state index in [1.54, 1.807) is 6.07 Å². The molecule has 0 spiro atoms. The molecule has 0 bridgehead atoms. The van der Waals surface area contributed by atoms with E-state index >= 15 is 0 Å². The molecule has 5 nitrogen and oxygen atoms in total. The number of benzene rings is 1. The molecule has 0 aromatic heterocycles. The van der Waals surface area contributed by atoms with E-state index in [4.69, 9.17) is 5.73 Å². The number of hydrogen-bond acceptors (Lipinski definition) is 5. The van der Waals surface area contributed by atoms with Gasteiger partial charge in [-0.25, -0.2) is 4.39 Å². The minimum absolute atomic E-state index is 0.268. The summed E-state index contributed by atoms with van der Waals surface area (Å²) in [6.45, 7) is 3.11. The summed E-state index contributed by atoms with van der Waals surface area (Å²) in [5.74, 6) is -0.762. The molecule has 1 aromatic rings. The van der Waals surface area contributed by atoms with Crippen LogP contribution >= 0.6 is 0 Å². The molecule has 1 aliphatic rings. The Hall–Kier alpha value is -1.66. The van der Waals surface area contributed by atoms with Crippen LogP contribution in [-0.2, 0) is 16.0 Å². The monoisotopic (exact) mass is 281 g/mol. The van der Waals surface area contributed by atoms with Crippen molar-refractivity contribution >= 4 is 11.7 Å². The van der Waals surface area contributed by atoms with Crippen LogP contribution in [0.3, 0.4) is 0 Å². The zero-order chi connectivity index (χ0) is 14.5. The number of para-hydroxylation sites is 1. The van der Waals surface area contributed by atoms with Gasteiger partial charge in [-0.3, -0.25) is 4.79 Å². The van der Waals surface area contributed by atoms with Crippen molar-refractivity contribution < 1.29 is 13.9 Å². The lowest BCUT2D eigenvalue weighted by Gasteiger charge is -2.31. The second kappa shape index (κ2) is 6.67. The number of ether oxygens (including phenoxy) is 1. The molecule has 110 valence electrons. The number of piperazine rings is 1. The SMILES string of the molecule is COC(=O)C(N)Cc1cccc(F)c1N1CCNCC1. The van der Waals surface area contributed by atoms with E-state index in [2.05, 4.69) is 10.1 Å². The number of methoxy groups -OCH3 is 1. The van der Waals surface area contributed by atoms with Gasteiger partial charge in [-0.15, -0.1) is 0 Å². The smallest absolute Gasteiger partial charge is 0.322 e. The first-order chi connectivity index (χ1) is 9.63. The number of nitrogens with zero attached hydrogens (tertiary/aromatic N) is 1. The highest BCUT2D eigenvalue weighted by Crippen LogP contribution is 2.26. The van der Waals surface area contributed by atoms with Gasteiger partial charge in [0.25, 0.3) is 0 Å². The molecule has 1 atom stereocenters. The molecule has 0 radical (unpaired) electrons. The summed E-state index contributed by atoms with van der Waals surface area (Å²) in [6, 6.07) is 4.11. The van der Waals surface area contributed by atoms with Crippen molar-refractivity contribution in [2.45, 2.75) is 12.5 Å². The lowest BCUT2D eigenvalue weighted by Crippen LogP contribution is -2.44. The third-order valence-corrected chi connectivity index (χ3v) is 3.45. The number of carbonyl (C=O) groups excluding carboxylic acids is 1. The van der Waals surface area contributed by atoms with Crippen molar-refractivity contribution in [1.29, 1.82) is 0 Å². The van der Waals surface area contributed by atoms with Gasteiger partial charge >= 0.3 is 5.97 Å². The number of nitrogens with two attached hydrogens (primary N) is 1. The summed E-state index contributed by atoms with van der Waals surface area (Å²) >= 11 is 0. The van der Waals surface area contributed by atoms with Crippen LogP contribution in [0.4, 0.5) is 10.1 Å². The summed E-state index contributed by atoms with van der Waals surface area (Å²) in [5.41, 5.74) is 7.07. The molecule has 3 N–H and O–H groups in total. The first-order valence-electron chi connectivity index (χ1n) is 6.70. The molecular weight excluding hydrogens is 261 g/mol. The number of rotatable bonds is 4. The second-order valence-corrected chi connectivity index (χ2v) is 4.82. The zero-order valence-electron chi connectivity index (χ0n) is 11.6. The van der Waals surface area contributed by atoms with Gasteiger partial charge in [-0.05, 0) is 11.6 Å². The molecule has 0 saturated carbocycles. The fraction of sp³-hybridized carbons (Fsp3) is 0.500. The first-order valence-corrected chi connectivity index (χ1v) is 6.70. The van der Waals surface area contributed by atoms with Crippen LogP contribution in [-0.4, -0.2) is 45.3 Å². The predicted molar refractivity (Wildman–Crippen MR) is 75.2 cm³/mol. The summed E-state index contributed by atoms with van der Waals surface area (Å²) in [5, 5.41) is 3.23. The second-order valence-electron chi connectivity index (χ2n) is 4.82. The minimum atomic E-state index is -0.775. The van der Waals surface area contributed by atoms with Gasteiger partial charge in [0, 0.05) is 32.6 Å². The summed E-state index contributed by atoms with van der Waals surface area (Å²) in [7, 11) is 1.30. The quantitative estimate of drug-likeness (QED) is 0.776. The van der Waals surface area contributed by atoms with E-state index in [0.29, 0.717) is 5.69 Å². The Labute approximate surface area is 117 Å². The molecule has 1 aromatic carbocycles. The lowest BCUT2D eigenvalue weighted by molar-refractivity contribution is -0.142. The highest BCUT2D eigenvalue weighted by atomic mass is 19.1. The van der Waals surface area contributed by atoms with Crippen molar-refractivity contribution in [3.8, 4) is 0 Å². The minimum Gasteiger partial charge on any atom is -0.468 e. The highest BCUT2D eigenvalue weighted by Gasteiger charge is 2.22. The number of halogens is 1. The molecule has 1 saturated heterocycles. The van der Waals surface area contributed by atoms with Gasteiger partial charge < -0.3 is 20.7 Å². The number of esters is 1. The number of anilines is 1. The van der Waals surface area contributed by atoms with E-state index in [-0.39, 0.29) is 12.2 Å². The van der Waals surface area contributed by atoms with E-state index in [1.807, 2.05) is 11.0 Å².